The molecule has 4 heteroatoms. The number of nitrogens with zero attached hydrogens (tertiary/aromatic N) is 3. The zero-order chi connectivity index (χ0) is 11.4. The summed E-state index contributed by atoms with van der Waals surface area (Å²) in [6.45, 7) is 3.07. The highest BCUT2D eigenvalue weighted by Gasteiger charge is 2.26. The van der Waals surface area contributed by atoms with E-state index in [9.17, 15) is 4.79 Å². The molecule has 88 valence electrons. The van der Waals surface area contributed by atoms with Gasteiger partial charge in [0.2, 0.25) is 0 Å². The lowest BCUT2D eigenvalue weighted by Gasteiger charge is -2.35. The van der Waals surface area contributed by atoms with Crippen molar-refractivity contribution in [2.75, 3.05) is 6.54 Å². The van der Waals surface area contributed by atoms with Gasteiger partial charge in [0.1, 0.15) is 6.33 Å². The lowest BCUT2D eigenvalue weighted by molar-refractivity contribution is 0.147. The van der Waals surface area contributed by atoms with E-state index in [0.717, 1.165) is 32.2 Å². The van der Waals surface area contributed by atoms with E-state index in [4.69, 9.17) is 0 Å². The molecule has 1 saturated heterocycles. The maximum atomic E-state index is 12.2. The molecule has 0 spiro atoms. The molecule has 1 fully saturated rings. The van der Waals surface area contributed by atoms with E-state index in [1.54, 1.807) is 23.3 Å². The van der Waals surface area contributed by atoms with E-state index in [-0.39, 0.29) is 6.03 Å². The van der Waals surface area contributed by atoms with Gasteiger partial charge in [0.15, 0.2) is 0 Å². The van der Waals surface area contributed by atoms with Crippen LogP contribution in [0.3, 0.4) is 0 Å². The number of rotatable bonds is 2. The molecular weight excluding hydrogens is 202 g/mol. The van der Waals surface area contributed by atoms with Gasteiger partial charge in [0.05, 0.1) is 0 Å². The molecule has 1 unspecified atom stereocenters. The number of carbonyl (C=O) groups is 1. The molecule has 0 N–H and O–H groups in total. The van der Waals surface area contributed by atoms with Crippen molar-refractivity contribution in [1.82, 2.24) is 14.5 Å². The van der Waals surface area contributed by atoms with Gasteiger partial charge in [-0.25, -0.2) is 9.78 Å². The van der Waals surface area contributed by atoms with Crippen LogP contribution in [0.5, 0.6) is 0 Å². The predicted molar refractivity (Wildman–Crippen MR) is 62.3 cm³/mol. The van der Waals surface area contributed by atoms with Crippen LogP contribution >= 0.6 is 0 Å². The lowest BCUT2D eigenvalue weighted by Crippen LogP contribution is -2.45. The topological polar surface area (TPSA) is 38.1 Å². The summed E-state index contributed by atoms with van der Waals surface area (Å²) in [4.78, 5) is 18.1. The van der Waals surface area contributed by atoms with Crippen molar-refractivity contribution in [2.24, 2.45) is 0 Å². The number of likely N-dealkylation sites (tertiary alicyclic amines) is 1. The van der Waals surface area contributed by atoms with E-state index >= 15 is 0 Å². The number of carbonyl (C=O) groups excluding carboxylic acids is 1. The highest BCUT2D eigenvalue weighted by atomic mass is 16.2. The minimum atomic E-state index is 0.0793. The molecule has 2 rings (SSSR count). The van der Waals surface area contributed by atoms with Gasteiger partial charge in [-0.15, -0.1) is 0 Å². The molecule has 1 aromatic rings. The van der Waals surface area contributed by atoms with Crippen molar-refractivity contribution in [3.05, 3.63) is 18.7 Å². The van der Waals surface area contributed by atoms with Crippen molar-refractivity contribution in [2.45, 2.75) is 45.1 Å². The Labute approximate surface area is 96.3 Å². The number of imidazole rings is 1. The number of hydrogen-bond donors (Lipinski definition) is 0. The lowest BCUT2D eigenvalue weighted by atomic mass is 9.99. The van der Waals surface area contributed by atoms with Crippen LogP contribution in [0, 0.1) is 0 Å². The standard InChI is InChI=1S/C12H19N3O/c1-2-5-11-6-3-4-8-15(11)12(16)14-9-7-13-10-14/h7,9-11H,2-6,8H2,1H3. The van der Waals surface area contributed by atoms with Crippen LogP contribution in [0.2, 0.25) is 0 Å². The van der Waals surface area contributed by atoms with Crippen molar-refractivity contribution >= 4 is 6.03 Å². The highest BCUT2D eigenvalue weighted by molar-refractivity contribution is 5.77. The zero-order valence-electron chi connectivity index (χ0n) is 9.80. The van der Waals surface area contributed by atoms with Gasteiger partial charge in [-0.3, -0.25) is 4.57 Å². The average molecular weight is 221 g/mol. The quantitative estimate of drug-likeness (QED) is 0.769. The van der Waals surface area contributed by atoms with Crippen LogP contribution in [0.1, 0.15) is 39.0 Å². The monoisotopic (exact) mass is 221 g/mol. The number of hydrogen-bond acceptors (Lipinski definition) is 2. The summed E-state index contributed by atoms with van der Waals surface area (Å²) in [6, 6.07) is 0.504. The summed E-state index contributed by atoms with van der Waals surface area (Å²) >= 11 is 0. The first kappa shape index (κ1) is 11.2. The minimum Gasteiger partial charge on any atom is -0.321 e. The van der Waals surface area contributed by atoms with Crippen LogP contribution in [-0.4, -0.2) is 33.1 Å². The fraction of sp³-hybridized carbons (Fsp3) is 0.667. The third kappa shape index (κ3) is 2.26. The normalized spacial score (nSPS) is 21.1. The Hall–Kier alpha value is -1.32. The molecule has 2 heterocycles. The van der Waals surface area contributed by atoms with Gasteiger partial charge in [-0.1, -0.05) is 13.3 Å². The molecule has 16 heavy (non-hydrogen) atoms. The average Bonchev–Trinajstić information content (AvgIpc) is 2.83. The molecule has 1 aliphatic rings. The Morgan fingerprint density at radius 3 is 3.06 bits per heavy atom. The van der Waals surface area contributed by atoms with Gasteiger partial charge in [0, 0.05) is 25.0 Å². The predicted octanol–water partition coefficient (Wildman–Crippen LogP) is 2.51. The van der Waals surface area contributed by atoms with Crippen LogP contribution in [0.15, 0.2) is 18.7 Å². The van der Waals surface area contributed by atoms with Gasteiger partial charge in [-0.2, -0.15) is 0 Å². The van der Waals surface area contributed by atoms with Crippen LogP contribution < -0.4 is 0 Å². The summed E-state index contributed by atoms with van der Waals surface area (Å²) < 4.78 is 1.58. The third-order valence-electron chi connectivity index (χ3n) is 3.22. The second kappa shape index (κ2) is 5.14. The second-order valence-corrected chi connectivity index (χ2v) is 4.38. The van der Waals surface area contributed by atoms with E-state index in [1.807, 2.05) is 4.90 Å². The molecule has 0 aliphatic carbocycles. The summed E-state index contributed by atoms with van der Waals surface area (Å²) in [5.41, 5.74) is 0. The fourth-order valence-corrected chi connectivity index (χ4v) is 2.41. The first-order valence-electron chi connectivity index (χ1n) is 6.12. The number of amides is 1. The Kier molecular flexibility index (Phi) is 3.59. The summed E-state index contributed by atoms with van der Waals surface area (Å²) in [5, 5.41) is 0. The third-order valence-corrected chi connectivity index (χ3v) is 3.22. The Balaban J connectivity index is 2.08. The molecule has 1 atom stereocenters. The van der Waals surface area contributed by atoms with E-state index < -0.39 is 0 Å². The number of aromatic nitrogens is 2. The van der Waals surface area contributed by atoms with E-state index in [1.165, 1.54) is 6.42 Å². The SMILES string of the molecule is CCCC1CCCCN1C(=O)n1ccnc1. The van der Waals surface area contributed by atoms with Crippen molar-refractivity contribution in [1.29, 1.82) is 0 Å². The minimum absolute atomic E-state index is 0.0793. The zero-order valence-corrected chi connectivity index (χ0v) is 9.80. The smallest absolute Gasteiger partial charge is 0.321 e. The van der Waals surface area contributed by atoms with Crippen molar-refractivity contribution in [3.63, 3.8) is 0 Å². The molecule has 4 nitrogen and oxygen atoms in total. The highest BCUT2D eigenvalue weighted by Crippen LogP contribution is 2.21. The molecule has 1 amide bonds. The molecule has 1 aromatic heterocycles. The van der Waals surface area contributed by atoms with E-state index in [0.29, 0.717) is 6.04 Å². The second-order valence-electron chi connectivity index (χ2n) is 4.38. The summed E-state index contributed by atoms with van der Waals surface area (Å²) in [5.74, 6) is 0. The molecule has 0 aromatic carbocycles. The molecule has 1 aliphatic heterocycles. The maximum Gasteiger partial charge on any atom is 0.329 e. The van der Waals surface area contributed by atoms with Crippen LogP contribution in [-0.2, 0) is 0 Å². The Bertz CT molecular complexity index is 332. The Morgan fingerprint density at radius 1 is 1.50 bits per heavy atom. The Morgan fingerprint density at radius 2 is 2.38 bits per heavy atom. The van der Waals surface area contributed by atoms with Crippen LogP contribution in [0.25, 0.3) is 0 Å². The fourth-order valence-electron chi connectivity index (χ4n) is 2.41. The van der Waals surface area contributed by atoms with Crippen LogP contribution in [0.4, 0.5) is 4.79 Å². The van der Waals surface area contributed by atoms with E-state index in [2.05, 4.69) is 11.9 Å². The van der Waals surface area contributed by atoms with Gasteiger partial charge in [-0.05, 0) is 25.7 Å². The molecular formula is C12H19N3O. The largest absolute Gasteiger partial charge is 0.329 e. The van der Waals surface area contributed by atoms with Gasteiger partial charge in [0.25, 0.3) is 0 Å². The molecule has 0 radical (unpaired) electrons. The van der Waals surface area contributed by atoms with Crippen molar-refractivity contribution < 1.29 is 4.79 Å². The molecule has 0 bridgehead atoms. The van der Waals surface area contributed by atoms with Crippen molar-refractivity contribution in [3.8, 4) is 0 Å². The number of piperidine rings is 1. The first-order valence-corrected chi connectivity index (χ1v) is 6.12. The van der Waals surface area contributed by atoms with Gasteiger partial charge < -0.3 is 4.90 Å². The summed E-state index contributed by atoms with van der Waals surface area (Å²) in [7, 11) is 0. The maximum absolute atomic E-state index is 12.2. The summed E-state index contributed by atoms with van der Waals surface area (Å²) in [6.07, 6.45) is 10.7. The first-order chi connectivity index (χ1) is 7.83. The molecule has 0 saturated carbocycles. The van der Waals surface area contributed by atoms with Gasteiger partial charge >= 0.3 is 6.03 Å².